The zero-order valence-electron chi connectivity index (χ0n) is 11.5. The van der Waals surface area contributed by atoms with Crippen molar-refractivity contribution in [3.05, 3.63) is 29.6 Å². The normalized spacial score (nSPS) is 18.0. The lowest BCUT2D eigenvalue weighted by Gasteiger charge is -2.35. The molecule has 19 heavy (non-hydrogen) atoms. The lowest BCUT2D eigenvalue weighted by Crippen LogP contribution is -2.41. The Hall–Kier alpha value is -1.42. The maximum atomic E-state index is 12.0. The number of aliphatic hydroxyl groups is 1. The molecule has 104 valence electrons. The molecule has 1 heterocycles. The van der Waals surface area contributed by atoms with Gasteiger partial charge in [-0.25, -0.2) is 4.98 Å². The first-order chi connectivity index (χ1) is 9.15. The van der Waals surface area contributed by atoms with Crippen LogP contribution >= 0.6 is 0 Å². The molecule has 0 unspecified atom stereocenters. The molecule has 0 bridgehead atoms. The fraction of sp³-hybridized carbons (Fsp3) is 0.600. The number of aliphatic hydroxyl groups excluding tert-OH is 1. The van der Waals surface area contributed by atoms with Crippen LogP contribution in [0.4, 0.5) is 0 Å². The molecular formula is C15H22N2O2. The Balaban J connectivity index is 1.95. The molecule has 1 aromatic heterocycles. The van der Waals surface area contributed by atoms with E-state index in [0.29, 0.717) is 12.2 Å². The lowest BCUT2D eigenvalue weighted by molar-refractivity contribution is 0.0715. The summed E-state index contributed by atoms with van der Waals surface area (Å²) in [6.07, 6.45) is 5.49. The first-order valence-corrected chi connectivity index (χ1v) is 6.98. The summed E-state index contributed by atoms with van der Waals surface area (Å²) in [4.78, 5) is 16.3. The third-order valence-corrected chi connectivity index (χ3v) is 3.99. The van der Waals surface area contributed by atoms with Crippen molar-refractivity contribution >= 4 is 5.91 Å². The summed E-state index contributed by atoms with van der Waals surface area (Å²) in [7, 11) is 0. The maximum Gasteiger partial charge on any atom is 0.269 e. The van der Waals surface area contributed by atoms with Gasteiger partial charge in [0.2, 0.25) is 0 Å². The summed E-state index contributed by atoms with van der Waals surface area (Å²) in [5, 5.41) is 12.5. The molecular weight excluding hydrogens is 240 g/mol. The minimum absolute atomic E-state index is 0.127. The summed E-state index contributed by atoms with van der Waals surface area (Å²) in [6, 6.07) is 5.42. The van der Waals surface area contributed by atoms with Gasteiger partial charge >= 0.3 is 0 Å². The van der Waals surface area contributed by atoms with Crippen LogP contribution in [0.5, 0.6) is 0 Å². The molecule has 4 heteroatoms. The zero-order valence-corrected chi connectivity index (χ0v) is 11.5. The van der Waals surface area contributed by atoms with Gasteiger partial charge in [-0.05, 0) is 31.9 Å². The smallest absolute Gasteiger partial charge is 0.269 e. The molecule has 0 radical (unpaired) electrons. The second-order valence-electron chi connectivity index (χ2n) is 5.57. The molecule has 0 spiro atoms. The summed E-state index contributed by atoms with van der Waals surface area (Å²) in [6.45, 7) is 2.56. The van der Waals surface area contributed by atoms with Crippen molar-refractivity contribution in [1.82, 2.24) is 10.3 Å². The van der Waals surface area contributed by atoms with Gasteiger partial charge in [-0.15, -0.1) is 0 Å². The number of amides is 1. The van der Waals surface area contributed by atoms with Crippen LogP contribution in [-0.2, 0) is 0 Å². The van der Waals surface area contributed by atoms with E-state index in [4.69, 9.17) is 0 Å². The predicted octanol–water partition coefficient (Wildman–Crippen LogP) is 2.06. The van der Waals surface area contributed by atoms with Crippen LogP contribution in [0.3, 0.4) is 0 Å². The second kappa shape index (κ2) is 6.15. The van der Waals surface area contributed by atoms with Crippen molar-refractivity contribution in [2.75, 3.05) is 13.2 Å². The van der Waals surface area contributed by atoms with Crippen LogP contribution in [-0.4, -0.2) is 29.1 Å². The third kappa shape index (κ3) is 3.53. The summed E-state index contributed by atoms with van der Waals surface area (Å²) < 4.78 is 0. The van der Waals surface area contributed by atoms with Gasteiger partial charge in [0.05, 0.1) is 6.61 Å². The minimum atomic E-state index is -0.151. The van der Waals surface area contributed by atoms with Gasteiger partial charge in [0.25, 0.3) is 5.91 Å². The van der Waals surface area contributed by atoms with Crippen molar-refractivity contribution in [2.24, 2.45) is 5.41 Å². The molecule has 2 N–H and O–H groups in total. The SMILES string of the molecule is Cc1cccc(C(=O)NCC2(CO)CCCCC2)n1. The summed E-state index contributed by atoms with van der Waals surface area (Å²) in [5.74, 6) is -0.151. The first kappa shape index (κ1) is 14.0. The Morgan fingerprint density at radius 1 is 1.37 bits per heavy atom. The molecule has 1 saturated carbocycles. The standard InChI is InChI=1S/C15H22N2O2/c1-12-6-5-7-13(17-12)14(19)16-10-15(11-18)8-3-2-4-9-15/h5-7,18H,2-4,8-11H2,1H3,(H,16,19). The Morgan fingerprint density at radius 2 is 2.11 bits per heavy atom. The van der Waals surface area contributed by atoms with E-state index in [1.807, 2.05) is 19.1 Å². The molecule has 0 aromatic carbocycles. The van der Waals surface area contributed by atoms with Crippen LogP contribution in [0.15, 0.2) is 18.2 Å². The number of nitrogens with zero attached hydrogens (tertiary/aromatic N) is 1. The molecule has 1 aliphatic rings. The van der Waals surface area contributed by atoms with Crippen LogP contribution in [0, 0.1) is 12.3 Å². The van der Waals surface area contributed by atoms with Crippen molar-refractivity contribution in [2.45, 2.75) is 39.0 Å². The largest absolute Gasteiger partial charge is 0.396 e. The fourth-order valence-electron chi connectivity index (χ4n) is 2.72. The van der Waals surface area contributed by atoms with E-state index in [9.17, 15) is 9.90 Å². The topological polar surface area (TPSA) is 62.2 Å². The van der Waals surface area contributed by atoms with Crippen molar-refractivity contribution in [3.8, 4) is 0 Å². The van der Waals surface area contributed by atoms with Crippen LogP contribution in [0.25, 0.3) is 0 Å². The molecule has 4 nitrogen and oxygen atoms in total. The third-order valence-electron chi connectivity index (χ3n) is 3.99. The molecule has 1 fully saturated rings. The van der Waals surface area contributed by atoms with Gasteiger partial charge in [0, 0.05) is 17.7 Å². The number of carbonyl (C=O) groups excluding carboxylic acids is 1. The van der Waals surface area contributed by atoms with Crippen molar-refractivity contribution in [1.29, 1.82) is 0 Å². The average molecular weight is 262 g/mol. The highest BCUT2D eigenvalue weighted by atomic mass is 16.3. The van der Waals surface area contributed by atoms with Gasteiger partial charge < -0.3 is 10.4 Å². The molecule has 0 saturated heterocycles. The zero-order chi connectivity index (χ0) is 13.7. The van der Waals surface area contributed by atoms with E-state index in [2.05, 4.69) is 10.3 Å². The van der Waals surface area contributed by atoms with Crippen LogP contribution in [0.1, 0.15) is 48.3 Å². The highest BCUT2D eigenvalue weighted by molar-refractivity contribution is 5.92. The average Bonchev–Trinajstić information content (AvgIpc) is 2.46. The summed E-state index contributed by atoms with van der Waals surface area (Å²) in [5.41, 5.74) is 1.16. The van der Waals surface area contributed by atoms with E-state index >= 15 is 0 Å². The number of carbonyl (C=O) groups is 1. The number of pyridine rings is 1. The molecule has 0 aliphatic heterocycles. The number of aromatic nitrogens is 1. The Morgan fingerprint density at radius 3 is 2.74 bits per heavy atom. The Labute approximate surface area is 114 Å². The van der Waals surface area contributed by atoms with Gasteiger partial charge in [0.1, 0.15) is 5.69 Å². The van der Waals surface area contributed by atoms with E-state index in [1.54, 1.807) is 6.07 Å². The Bertz CT molecular complexity index is 440. The molecule has 1 amide bonds. The number of hydrogen-bond donors (Lipinski definition) is 2. The number of aryl methyl sites for hydroxylation is 1. The van der Waals surface area contributed by atoms with Gasteiger partial charge in [-0.2, -0.15) is 0 Å². The van der Waals surface area contributed by atoms with E-state index in [1.165, 1.54) is 6.42 Å². The second-order valence-corrected chi connectivity index (χ2v) is 5.57. The van der Waals surface area contributed by atoms with E-state index < -0.39 is 0 Å². The molecule has 1 aromatic rings. The van der Waals surface area contributed by atoms with Gasteiger partial charge in [0.15, 0.2) is 0 Å². The minimum Gasteiger partial charge on any atom is -0.396 e. The molecule has 2 rings (SSSR count). The van der Waals surface area contributed by atoms with Crippen LogP contribution < -0.4 is 5.32 Å². The fourth-order valence-corrected chi connectivity index (χ4v) is 2.72. The highest BCUT2D eigenvalue weighted by Crippen LogP contribution is 2.35. The van der Waals surface area contributed by atoms with Crippen molar-refractivity contribution in [3.63, 3.8) is 0 Å². The van der Waals surface area contributed by atoms with E-state index in [-0.39, 0.29) is 17.9 Å². The number of nitrogens with one attached hydrogen (secondary N) is 1. The number of rotatable bonds is 4. The first-order valence-electron chi connectivity index (χ1n) is 6.98. The maximum absolute atomic E-state index is 12.0. The van der Waals surface area contributed by atoms with Gasteiger partial charge in [-0.3, -0.25) is 4.79 Å². The van der Waals surface area contributed by atoms with Gasteiger partial charge in [-0.1, -0.05) is 25.3 Å². The molecule has 0 atom stereocenters. The van der Waals surface area contributed by atoms with Crippen molar-refractivity contribution < 1.29 is 9.90 Å². The summed E-state index contributed by atoms with van der Waals surface area (Å²) >= 11 is 0. The highest BCUT2D eigenvalue weighted by Gasteiger charge is 2.31. The number of hydrogen-bond acceptors (Lipinski definition) is 3. The lowest BCUT2D eigenvalue weighted by atomic mass is 9.74. The Kier molecular flexibility index (Phi) is 4.53. The molecule has 1 aliphatic carbocycles. The van der Waals surface area contributed by atoms with E-state index in [0.717, 1.165) is 31.4 Å². The quantitative estimate of drug-likeness (QED) is 0.873. The predicted molar refractivity (Wildman–Crippen MR) is 73.9 cm³/mol. The van der Waals surface area contributed by atoms with Crippen LogP contribution in [0.2, 0.25) is 0 Å². The monoisotopic (exact) mass is 262 g/mol.